The van der Waals surface area contributed by atoms with E-state index in [1.165, 1.54) is 0 Å². The molecule has 1 amide bonds. The van der Waals surface area contributed by atoms with Crippen molar-refractivity contribution < 1.29 is 19.4 Å². The van der Waals surface area contributed by atoms with E-state index in [0.29, 0.717) is 11.4 Å². The van der Waals surface area contributed by atoms with Crippen molar-refractivity contribution in [1.82, 2.24) is 0 Å². The van der Waals surface area contributed by atoms with Crippen LogP contribution in [0.4, 0.5) is 5.69 Å². The zero-order valence-electron chi connectivity index (χ0n) is 10.8. The Kier molecular flexibility index (Phi) is 3.56. The fourth-order valence-electron chi connectivity index (χ4n) is 2.52. The van der Waals surface area contributed by atoms with Gasteiger partial charge in [0.15, 0.2) is 0 Å². The zero-order valence-corrected chi connectivity index (χ0v) is 11.6. The normalized spacial score (nSPS) is 24.9. The monoisotopic (exact) mass is 293 g/mol. The van der Waals surface area contributed by atoms with Crippen molar-refractivity contribution >= 4 is 29.3 Å². The first-order valence-corrected chi connectivity index (χ1v) is 7.70. The molecule has 2 aliphatic heterocycles. The molecule has 106 valence electrons. The van der Waals surface area contributed by atoms with Gasteiger partial charge in [-0.25, -0.2) is 4.79 Å². The molecule has 3 rings (SSSR count). The second kappa shape index (κ2) is 5.36. The molecule has 6 heteroatoms. The van der Waals surface area contributed by atoms with Crippen molar-refractivity contribution in [2.24, 2.45) is 5.92 Å². The van der Waals surface area contributed by atoms with Gasteiger partial charge in [-0.2, -0.15) is 11.8 Å². The van der Waals surface area contributed by atoms with Gasteiger partial charge in [0.25, 0.3) is 0 Å². The van der Waals surface area contributed by atoms with Crippen molar-refractivity contribution in [2.45, 2.75) is 12.5 Å². The summed E-state index contributed by atoms with van der Waals surface area (Å²) >= 11 is 1.77. The average Bonchev–Trinajstić information content (AvgIpc) is 2.99. The third-order valence-electron chi connectivity index (χ3n) is 3.59. The number of amides is 1. The Bertz CT molecular complexity index is 542. The number of para-hydroxylation sites is 2. The number of carbonyl (C=O) groups is 2. The minimum Gasteiger partial charge on any atom is -0.478 e. The van der Waals surface area contributed by atoms with Crippen LogP contribution in [0.3, 0.4) is 0 Å². The van der Waals surface area contributed by atoms with Crippen LogP contribution in [0.2, 0.25) is 0 Å². The average molecular weight is 293 g/mol. The summed E-state index contributed by atoms with van der Waals surface area (Å²) < 4.78 is 5.44. The van der Waals surface area contributed by atoms with Crippen LogP contribution >= 0.6 is 11.8 Å². The van der Waals surface area contributed by atoms with Gasteiger partial charge >= 0.3 is 5.97 Å². The highest BCUT2D eigenvalue weighted by atomic mass is 32.2. The van der Waals surface area contributed by atoms with E-state index in [1.54, 1.807) is 34.9 Å². The molecule has 1 aromatic rings. The fourth-order valence-corrected chi connectivity index (χ4v) is 3.73. The van der Waals surface area contributed by atoms with Gasteiger partial charge in [0.2, 0.25) is 12.0 Å². The summed E-state index contributed by atoms with van der Waals surface area (Å²) in [7, 11) is 0. The van der Waals surface area contributed by atoms with Crippen LogP contribution in [-0.2, 0) is 9.59 Å². The Hall–Kier alpha value is -1.69. The summed E-state index contributed by atoms with van der Waals surface area (Å²) in [6.45, 7) is 0.0757. The molecule has 5 nitrogen and oxygen atoms in total. The number of hydrogen-bond donors (Lipinski definition) is 1. The number of benzene rings is 1. The Labute approximate surface area is 120 Å². The summed E-state index contributed by atoms with van der Waals surface area (Å²) in [6.07, 6.45) is -0.135. The molecule has 0 radical (unpaired) electrons. The van der Waals surface area contributed by atoms with Crippen LogP contribution in [0.1, 0.15) is 6.42 Å². The first-order valence-electron chi connectivity index (χ1n) is 6.54. The molecule has 1 saturated heterocycles. The molecular formula is C14H15NO4S. The predicted octanol–water partition coefficient (Wildman–Crippen LogP) is 1.62. The number of ether oxygens (including phenoxy) is 1. The third-order valence-corrected chi connectivity index (χ3v) is 4.76. The number of carbonyl (C=O) groups excluding carboxylic acids is 1. The fraction of sp³-hybridized carbons (Fsp3) is 0.429. The van der Waals surface area contributed by atoms with E-state index >= 15 is 0 Å². The molecule has 0 saturated carbocycles. The molecule has 0 bridgehead atoms. The van der Waals surface area contributed by atoms with Gasteiger partial charge in [0.05, 0.1) is 12.2 Å². The van der Waals surface area contributed by atoms with Gasteiger partial charge in [0, 0.05) is 11.7 Å². The zero-order chi connectivity index (χ0) is 14.1. The maximum absolute atomic E-state index is 12.6. The molecule has 1 N–H and O–H groups in total. The smallest absolute Gasteiger partial charge is 0.346 e. The van der Waals surface area contributed by atoms with Crippen LogP contribution < -0.4 is 9.64 Å². The Morgan fingerprint density at radius 2 is 2.15 bits per heavy atom. The molecule has 0 aromatic heterocycles. The first kappa shape index (κ1) is 13.3. The molecule has 2 heterocycles. The summed E-state index contributed by atoms with van der Waals surface area (Å²) in [5.41, 5.74) is 0.673. The molecule has 1 fully saturated rings. The van der Waals surface area contributed by atoms with Crippen LogP contribution in [0.25, 0.3) is 0 Å². The Morgan fingerprint density at radius 3 is 2.85 bits per heavy atom. The van der Waals surface area contributed by atoms with Crippen LogP contribution in [0.5, 0.6) is 5.75 Å². The minimum atomic E-state index is -1.04. The quantitative estimate of drug-likeness (QED) is 0.897. The minimum absolute atomic E-state index is 0.0111. The SMILES string of the molecule is O=C(O)C1CN(C(=O)C2CCSC2)c2ccccc2O1. The molecule has 2 aliphatic rings. The largest absolute Gasteiger partial charge is 0.478 e. The first-order chi connectivity index (χ1) is 9.66. The van der Waals surface area contributed by atoms with Gasteiger partial charge in [-0.05, 0) is 24.3 Å². The van der Waals surface area contributed by atoms with E-state index in [2.05, 4.69) is 0 Å². The number of nitrogens with zero attached hydrogens (tertiary/aromatic N) is 1. The van der Waals surface area contributed by atoms with Crippen LogP contribution in [-0.4, -0.2) is 41.1 Å². The lowest BCUT2D eigenvalue weighted by Crippen LogP contribution is -2.49. The van der Waals surface area contributed by atoms with E-state index in [-0.39, 0.29) is 18.4 Å². The van der Waals surface area contributed by atoms with Crippen molar-refractivity contribution in [3.05, 3.63) is 24.3 Å². The molecule has 0 aliphatic carbocycles. The van der Waals surface area contributed by atoms with Gasteiger partial charge in [0.1, 0.15) is 5.75 Å². The number of aliphatic carboxylic acids is 1. The predicted molar refractivity (Wildman–Crippen MR) is 76.3 cm³/mol. The second-order valence-electron chi connectivity index (χ2n) is 4.92. The number of carboxylic acid groups (broad SMARTS) is 1. The number of fused-ring (bicyclic) bond motifs is 1. The third kappa shape index (κ3) is 2.35. The van der Waals surface area contributed by atoms with E-state index in [4.69, 9.17) is 9.84 Å². The van der Waals surface area contributed by atoms with Crippen molar-refractivity contribution in [1.29, 1.82) is 0 Å². The van der Waals surface area contributed by atoms with E-state index < -0.39 is 12.1 Å². The lowest BCUT2D eigenvalue weighted by Gasteiger charge is -2.34. The summed E-state index contributed by atoms with van der Waals surface area (Å²) in [5, 5.41) is 9.16. The van der Waals surface area contributed by atoms with Crippen molar-refractivity contribution in [2.75, 3.05) is 23.0 Å². The van der Waals surface area contributed by atoms with E-state index in [9.17, 15) is 9.59 Å². The topological polar surface area (TPSA) is 66.8 Å². The Balaban J connectivity index is 1.91. The Morgan fingerprint density at radius 1 is 1.35 bits per heavy atom. The van der Waals surface area contributed by atoms with Crippen LogP contribution in [0, 0.1) is 5.92 Å². The van der Waals surface area contributed by atoms with Gasteiger partial charge in [-0.3, -0.25) is 4.79 Å². The number of rotatable bonds is 2. The van der Waals surface area contributed by atoms with Gasteiger partial charge < -0.3 is 14.7 Å². The maximum atomic E-state index is 12.6. The molecule has 0 spiro atoms. The number of anilines is 1. The second-order valence-corrected chi connectivity index (χ2v) is 6.07. The lowest BCUT2D eigenvalue weighted by atomic mass is 10.1. The maximum Gasteiger partial charge on any atom is 0.346 e. The number of thioether (sulfide) groups is 1. The van der Waals surface area contributed by atoms with Crippen molar-refractivity contribution in [3.8, 4) is 5.75 Å². The molecule has 2 atom stereocenters. The lowest BCUT2D eigenvalue weighted by molar-refractivity contribution is -0.145. The number of hydrogen-bond acceptors (Lipinski definition) is 4. The summed E-state index contributed by atoms with van der Waals surface area (Å²) in [6, 6.07) is 7.10. The molecule has 2 unspecified atom stereocenters. The summed E-state index contributed by atoms with van der Waals surface area (Å²) in [4.78, 5) is 25.4. The van der Waals surface area contributed by atoms with Gasteiger partial charge in [-0.15, -0.1) is 0 Å². The number of carboxylic acids is 1. The molecule has 1 aromatic carbocycles. The highest BCUT2D eigenvalue weighted by molar-refractivity contribution is 7.99. The van der Waals surface area contributed by atoms with Gasteiger partial charge in [-0.1, -0.05) is 12.1 Å². The molecular weight excluding hydrogens is 278 g/mol. The highest BCUT2D eigenvalue weighted by Crippen LogP contribution is 2.36. The highest BCUT2D eigenvalue weighted by Gasteiger charge is 2.37. The van der Waals surface area contributed by atoms with E-state index in [1.807, 2.05) is 6.07 Å². The standard InChI is InChI=1S/C14H15NO4S/c16-13(9-5-6-20-8-9)15-7-12(14(17)18)19-11-4-2-1-3-10(11)15/h1-4,9,12H,5-8H2,(H,17,18). The van der Waals surface area contributed by atoms with Crippen molar-refractivity contribution in [3.63, 3.8) is 0 Å². The van der Waals surface area contributed by atoms with Crippen LogP contribution in [0.15, 0.2) is 24.3 Å². The summed E-state index contributed by atoms with van der Waals surface area (Å²) in [5.74, 6) is 1.22. The van der Waals surface area contributed by atoms with E-state index in [0.717, 1.165) is 17.9 Å². The molecule has 20 heavy (non-hydrogen) atoms.